The number of phenolic OH excluding ortho intramolecular Hbond substituents is 2. The third-order valence-electron chi connectivity index (χ3n) is 3.41. The number of Topliss-reactive ketones (excluding diaryl/α,β-unsaturated/α-hetero) is 1. The molecule has 0 spiro atoms. The van der Waals surface area contributed by atoms with Crippen molar-refractivity contribution < 1.29 is 25.2 Å². The lowest BCUT2D eigenvalue weighted by Crippen LogP contribution is -2.29. The summed E-state index contributed by atoms with van der Waals surface area (Å²) in [4.78, 5) is 12.2. The van der Waals surface area contributed by atoms with Gasteiger partial charge in [-0.3, -0.25) is 4.79 Å². The topological polar surface area (TPSA) is 98.0 Å². The van der Waals surface area contributed by atoms with E-state index < -0.39 is 17.0 Å². The van der Waals surface area contributed by atoms with E-state index >= 15 is 0 Å². The van der Waals surface area contributed by atoms with E-state index in [2.05, 4.69) is 15.9 Å². The Morgan fingerprint density at radius 3 is 2.23 bits per heavy atom. The Morgan fingerprint density at radius 2 is 1.68 bits per heavy atom. The number of carbonyl (C=O) groups is 1. The number of aliphatic hydroxyl groups is 2. The van der Waals surface area contributed by atoms with Crippen molar-refractivity contribution in [2.24, 2.45) is 0 Å². The van der Waals surface area contributed by atoms with Crippen molar-refractivity contribution in [1.29, 1.82) is 0 Å². The first-order valence-corrected chi connectivity index (χ1v) is 7.90. The van der Waals surface area contributed by atoms with E-state index in [0.717, 1.165) is 0 Å². The SMILES string of the molecule is CC(C)(O)CCC[C@@](C)(O)CC(=O)c1cc(O)c(Br)cc1O. The predicted octanol–water partition coefficient (Wildman–Crippen LogP) is 3.13. The summed E-state index contributed by atoms with van der Waals surface area (Å²) in [5.74, 6) is -0.849. The van der Waals surface area contributed by atoms with Crippen LogP contribution in [0.2, 0.25) is 0 Å². The number of ketones is 1. The van der Waals surface area contributed by atoms with Gasteiger partial charge in [-0.25, -0.2) is 0 Å². The second kappa shape index (κ2) is 6.98. The molecule has 6 heteroatoms. The lowest BCUT2D eigenvalue weighted by atomic mass is 9.88. The molecule has 0 unspecified atom stereocenters. The fourth-order valence-corrected chi connectivity index (χ4v) is 2.54. The Bertz CT molecular complexity index is 546. The maximum atomic E-state index is 12.2. The fraction of sp³-hybridized carbons (Fsp3) is 0.562. The molecule has 0 aromatic heterocycles. The van der Waals surface area contributed by atoms with Crippen molar-refractivity contribution in [1.82, 2.24) is 0 Å². The summed E-state index contributed by atoms with van der Waals surface area (Å²) in [6.45, 7) is 4.93. The van der Waals surface area contributed by atoms with Gasteiger partial charge < -0.3 is 20.4 Å². The van der Waals surface area contributed by atoms with Gasteiger partial charge in [-0.2, -0.15) is 0 Å². The molecule has 22 heavy (non-hydrogen) atoms. The summed E-state index contributed by atoms with van der Waals surface area (Å²) in [5, 5.41) is 39.3. The molecule has 0 heterocycles. The molecule has 0 aliphatic heterocycles. The highest BCUT2D eigenvalue weighted by Crippen LogP contribution is 2.33. The van der Waals surface area contributed by atoms with Crippen LogP contribution < -0.4 is 0 Å². The molecule has 1 aromatic carbocycles. The molecule has 0 aliphatic carbocycles. The minimum Gasteiger partial charge on any atom is -0.507 e. The van der Waals surface area contributed by atoms with Crippen molar-refractivity contribution in [3.63, 3.8) is 0 Å². The van der Waals surface area contributed by atoms with Crippen LogP contribution in [0.25, 0.3) is 0 Å². The van der Waals surface area contributed by atoms with E-state index in [1.807, 2.05) is 0 Å². The molecule has 4 N–H and O–H groups in total. The quantitative estimate of drug-likeness (QED) is 0.434. The van der Waals surface area contributed by atoms with Crippen LogP contribution in [0.5, 0.6) is 11.5 Å². The molecule has 0 radical (unpaired) electrons. The summed E-state index contributed by atoms with van der Waals surface area (Å²) in [5.41, 5.74) is -2.07. The molecule has 0 aliphatic rings. The average Bonchev–Trinajstić information content (AvgIpc) is 2.30. The second-order valence-electron chi connectivity index (χ2n) is 6.58. The molecule has 0 amide bonds. The van der Waals surface area contributed by atoms with Gasteiger partial charge in [-0.05, 0) is 68.1 Å². The summed E-state index contributed by atoms with van der Waals surface area (Å²) >= 11 is 3.05. The Balaban J connectivity index is 2.73. The van der Waals surface area contributed by atoms with Crippen LogP contribution in [-0.4, -0.2) is 37.4 Å². The van der Waals surface area contributed by atoms with Crippen LogP contribution in [0, 0.1) is 0 Å². The highest BCUT2D eigenvalue weighted by Gasteiger charge is 2.27. The third-order valence-corrected chi connectivity index (χ3v) is 4.05. The highest BCUT2D eigenvalue weighted by atomic mass is 79.9. The van der Waals surface area contributed by atoms with Crippen LogP contribution >= 0.6 is 15.9 Å². The van der Waals surface area contributed by atoms with E-state index in [1.165, 1.54) is 12.1 Å². The molecule has 1 aromatic rings. The number of halogens is 1. The largest absolute Gasteiger partial charge is 0.507 e. The van der Waals surface area contributed by atoms with Gasteiger partial charge in [0.2, 0.25) is 0 Å². The zero-order chi connectivity index (χ0) is 17.1. The van der Waals surface area contributed by atoms with Crippen LogP contribution in [0.3, 0.4) is 0 Å². The number of benzene rings is 1. The Labute approximate surface area is 138 Å². The predicted molar refractivity (Wildman–Crippen MR) is 87.2 cm³/mol. The zero-order valence-electron chi connectivity index (χ0n) is 13.1. The normalized spacial score (nSPS) is 14.6. The van der Waals surface area contributed by atoms with Crippen LogP contribution in [0.4, 0.5) is 0 Å². The van der Waals surface area contributed by atoms with E-state index in [1.54, 1.807) is 20.8 Å². The van der Waals surface area contributed by atoms with Gasteiger partial charge >= 0.3 is 0 Å². The molecule has 5 nitrogen and oxygen atoms in total. The second-order valence-corrected chi connectivity index (χ2v) is 7.44. The first kappa shape index (κ1) is 18.9. The van der Waals surface area contributed by atoms with Crippen molar-refractivity contribution in [3.8, 4) is 11.5 Å². The fourth-order valence-electron chi connectivity index (χ4n) is 2.21. The number of rotatable bonds is 7. The Kier molecular flexibility index (Phi) is 6.01. The molecule has 0 bridgehead atoms. The molecule has 0 fully saturated rings. The summed E-state index contributed by atoms with van der Waals surface area (Å²) < 4.78 is 0.290. The highest BCUT2D eigenvalue weighted by molar-refractivity contribution is 9.10. The van der Waals surface area contributed by atoms with Gasteiger partial charge in [0.25, 0.3) is 0 Å². The van der Waals surface area contributed by atoms with Crippen molar-refractivity contribution in [3.05, 3.63) is 22.2 Å². The van der Waals surface area contributed by atoms with Crippen LogP contribution in [-0.2, 0) is 0 Å². The maximum absolute atomic E-state index is 12.2. The lowest BCUT2D eigenvalue weighted by molar-refractivity contribution is 0.0247. The van der Waals surface area contributed by atoms with E-state index in [4.69, 9.17) is 0 Å². The number of carbonyl (C=O) groups excluding carboxylic acids is 1. The Hall–Kier alpha value is -1.11. The smallest absolute Gasteiger partial charge is 0.169 e. The van der Waals surface area contributed by atoms with E-state index in [9.17, 15) is 25.2 Å². The lowest BCUT2D eigenvalue weighted by Gasteiger charge is -2.25. The van der Waals surface area contributed by atoms with Crippen molar-refractivity contribution >= 4 is 21.7 Å². The minimum atomic E-state index is -1.24. The number of phenols is 2. The molecule has 0 saturated carbocycles. The summed E-state index contributed by atoms with van der Waals surface area (Å²) in [7, 11) is 0. The van der Waals surface area contributed by atoms with Gasteiger partial charge in [-0.15, -0.1) is 0 Å². The molecular weight excluding hydrogens is 352 g/mol. The number of hydrogen-bond acceptors (Lipinski definition) is 5. The summed E-state index contributed by atoms with van der Waals surface area (Å²) in [6, 6.07) is 2.42. The summed E-state index contributed by atoms with van der Waals surface area (Å²) in [6.07, 6.45) is 1.27. The van der Waals surface area contributed by atoms with Crippen molar-refractivity contribution in [2.75, 3.05) is 0 Å². The van der Waals surface area contributed by atoms with Gasteiger partial charge in [0, 0.05) is 6.42 Å². The number of aromatic hydroxyl groups is 2. The van der Waals surface area contributed by atoms with E-state index in [0.29, 0.717) is 23.7 Å². The Morgan fingerprint density at radius 1 is 1.09 bits per heavy atom. The van der Waals surface area contributed by atoms with Crippen LogP contribution in [0.15, 0.2) is 16.6 Å². The number of hydrogen-bond donors (Lipinski definition) is 4. The molecule has 0 saturated heterocycles. The van der Waals surface area contributed by atoms with Crippen molar-refractivity contribution in [2.45, 2.75) is 57.7 Å². The molecule has 1 rings (SSSR count). The first-order chi connectivity index (χ1) is 9.91. The maximum Gasteiger partial charge on any atom is 0.169 e. The molecule has 124 valence electrons. The van der Waals surface area contributed by atoms with Gasteiger partial charge in [0.15, 0.2) is 5.78 Å². The monoisotopic (exact) mass is 374 g/mol. The standard InChI is InChI=1S/C16H23BrO5/c1-15(2,21)5-4-6-16(3,22)9-14(20)10-7-13(19)11(17)8-12(10)18/h7-8,18-19,21-22H,4-6,9H2,1-3H3/t16-/m1/s1. The van der Waals surface area contributed by atoms with Gasteiger partial charge in [0.1, 0.15) is 11.5 Å². The van der Waals surface area contributed by atoms with Crippen LogP contribution in [0.1, 0.15) is 56.8 Å². The van der Waals surface area contributed by atoms with E-state index in [-0.39, 0.29) is 23.5 Å². The van der Waals surface area contributed by atoms with Gasteiger partial charge in [0.05, 0.1) is 21.2 Å². The first-order valence-electron chi connectivity index (χ1n) is 7.11. The molecule has 1 atom stereocenters. The zero-order valence-corrected chi connectivity index (χ0v) is 14.6. The van der Waals surface area contributed by atoms with Gasteiger partial charge in [-0.1, -0.05) is 0 Å². The average molecular weight is 375 g/mol. The molecular formula is C16H23BrO5. The minimum absolute atomic E-state index is 0.0246. The third kappa shape index (κ3) is 5.94.